The van der Waals surface area contributed by atoms with Crippen LogP contribution in [0.1, 0.15) is 31.4 Å². The normalized spacial score (nSPS) is 24.5. The molecular weight excluding hydrogens is 210 g/mol. The number of aryl methyl sites for hydroxylation is 1. The molecule has 0 radical (unpaired) electrons. The smallest absolute Gasteiger partial charge is 0.127 e. The SMILES string of the molecule is CCc1cc(Cl)cc2c1OCCC2(C)N. The molecule has 0 aromatic heterocycles. The van der Waals surface area contributed by atoms with Crippen molar-refractivity contribution < 1.29 is 4.74 Å². The molecule has 1 aliphatic rings. The maximum Gasteiger partial charge on any atom is 0.127 e. The quantitative estimate of drug-likeness (QED) is 0.798. The highest BCUT2D eigenvalue weighted by Crippen LogP contribution is 2.39. The van der Waals surface area contributed by atoms with E-state index in [1.807, 2.05) is 19.1 Å². The van der Waals surface area contributed by atoms with E-state index in [1.54, 1.807) is 0 Å². The van der Waals surface area contributed by atoms with Crippen molar-refractivity contribution in [2.45, 2.75) is 32.2 Å². The van der Waals surface area contributed by atoms with Gasteiger partial charge in [0.2, 0.25) is 0 Å². The fourth-order valence-electron chi connectivity index (χ4n) is 2.01. The van der Waals surface area contributed by atoms with Crippen LogP contribution in [0.15, 0.2) is 12.1 Å². The van der Waals surface area contributed by atoms with Gasteiger partial charge in [-0.1, -0.05) is 18.5 Å². The van der Waals surface area contributed by atoms with Gasteiger partial charge >= 0.3 is 0 Å². The molecule has 1 aromatic carbocycles. The number of rotatable bonds is 1. The van der Waals surface area contributed by atoms with Crippen molar-refractivity contribution in [2.24, 2.45) is 5.73 Å². The summed E-state index contributed by atoms with van der Waals surface area (Å²) in [6.07, 6.45) is 1.75. The van der Waals surface area contributed by atoms with Gasteiger partial charge in [0.05, 0.1) is 6.61 Å². The predicted octanol–water partition coefficient (Wildman–Crippen LogP) is 2.86. The van der Waals surface area contributed by atoms with Gasteiger partial charge in [0.15, 0.2) is 0 Å². The minimum Gasteiger partial charge on any atom is -0.493 e. The molecule has 15 heavy (non-hydrogen) atoms. The van der Waals surface area contributed by atoms with Crippen molar-refractivity contribution >= 4 is 11.6 Å². The molecule has 1 aliphatic heterocycles. The summed E-state index contributed by atoms with van der Waals surface area (Å²) in [6.45, 7) is 4.82. The fraction of sp³-hybridized carbons (Fsp3) is 0.500. The Morgan fingerprint density at radius 1 is 1.53 bits per heavy atom. The molecule has 82 valence electrons. The van der Waals surface area contributed by atoms with Crippen LogP contribution in [0.5, 0.6) is 5.75 Å². The Hall–Kier alpha value is -0.730. The molecule has 0 bridgehead atoms. The fourth-order valence-corrected chi connectivity index (χ4v) is 2.25. The lowest BCUT2D eigenvalue weighted by Gasteiger charge is -2.33. The summed E-state index contributed by atoms with van der Waals surface area (Å²) in [5.74, 6) is 0.943. The number of benzene rings is 1. The summed E-state index contributed by atoms with van der Waals surface area (Å²) < 4.78 is 5.70. The third-order valence-corrected chi connectivity index (χ3v) is 3.21. The second-order valence-electron chi connectivity index (χ2n) is 4.31. The summed E-state index contributed by atoms with van der Waals surface area (Å²) in [6, 6.07) is 3.89. The first-order valence-electron chi connectivity index (χ1n) is 5.29. The van der Waals surface area contributed by atoms with E-state index in [0.29, 0.717) is 6.61 Å². The highest BCUT2D eigenvalue weighted by Gasteiger charge is 2.30. The topological polar surface area (TPSA) is 35.2 Å². The van der Waals surface area contributed by atoms with Gasteiger partial charge < -0.3 is 10.5 Å². The number of hydrogen-bond donors (Lipinski definition) is 1. The predicted molar refractivity (Wildman–Crippen MR) is 62.5 cm³/mol. The van der Waals surface area contributed by atoms with Crippen LogP contribution in [0.25, 0.3) is 0 Å². The van der Waals surface area contributed by atoms with Gasteiger partial charge in [-0.15, -0.1) is 0 Å². The molecule has 2 N–H and O–H groups in total. The Morgan fingerprint density at radius 2 is 2.27 bits per heavy atom. The van der Waals surface area contributed by atoms with Crippen LogP contribution in [0, 0.1) is 0 Å². The molecule has 1 aromatic rings. The second kappa shape index (κ2) is 3.69. The molecule has 0 aliphatic carbocycles. The van der Waals surface area contributed by atoms with E-state index >= 15 is 0 Å². The number of nitrogens with two attached hydrogens (primary N) is 1. The molecule has 0 fully saturated rings. The molecule has 1 atom stereocenters. The highest BCUT2D eigenvalue weighted by molar-refractivity contribution is 6.30. The summed E-state index contributed by atoms with van der Waals surface area (Å²) in [4.78, 5) is 0. The van der Waals surface area contributed by atoms with E-state index in [4.69, 9.17) is 22.1 Å². The first-order chi connectivity index (χ1) is 7.04. The Bertz CT molecular complexity index is 387. The first kappa shape index (κ1) is 10.8. The van der Waals surface area contributed by atoms with Gasteiger partial charge in [0.25, 0.3) is 0 Å². The van der Waals surface area contributed by atoms with Gasteiger partial charge in [0.1, 0.15) is 5.75 Å². The van der Waals surface area contributed by atoms with Crippen molar-refractivity contribution in [3.63, 3.8) is 0 Å². The van der Waals surface area contributed by atoms with Crippen molar-refractivity contribution in [3.05, 3.63) is 28.3 Å². The summed E-state index contributed by atoms with van der Waals surface area (Å²) >= 11 is 6.08. The minimum absolute atomic E-state index is 0.317. The molecule has 1 heterocycles. The van der Waals surface area contributed by atoms with Gasteiger partial charge in [-0.2, -0.15) is 0 Å². The van der Waals surface area contributed by atoms with E-state index in [-0.39, 0.29) is 5.54 Å². The van der Waals surface area contributed by atoms with Crippen LogP contribution < -0.4 is 10.5 Å². The molecule has 0 spiro atoms. The first-order valence-corrected chi connectivity index (χ1v) is 5.67. The zero-order valence-corrected chi connectivity index (χ0v) is 9.90. The van der Waals surface area contributed by atoms with E-state index in [2.05, 4.69) is 6.92 Å². The van der Waals surface area contributed by atoms with Crippen molar-refractivity contribution in [2.75, 3.05) is 6.61 Å². The molecule has 1 unspecified atom stereocenters. The lowest BCUT2D eigenvalue weighted by Crippen LogP contribution is -2.38. The Kier molecular flexibility index (Phi) is 2.65. The molecule has 0 amide bonds. The number of halogens is 1. The van der Waals surface area contributed by atoms with Gasteiger partial charge in [-0.3, -0.25) is 0 Å². The summed E-state index contributed by atoms with van der Waals surface area (Å²) in [5, 5.41) is 0.743. The van der Waals surface area contributed by atoms with E-state index < -0.39 is 0 Å². The van der Waals surface area contributed by atoms with Crippen LogP contribution in [0.4, 0.5) is 0 Å². The van der Waals surface area contributed by atoms with Gasteiger partial charge in [0, 0.05) is 22.5 Å². The summed E-state index contributed by atoms with van der Waals surface area (Å²) in [7, 11) is 0. The lowest BCUT2D eigenvalue weighted by molar-refractivity contribution is 0.225. The molecule has 0 saturated heterocycles. The van der Waals surface area contributed by atoms with Crippen LogP contribution >= 0.6 is 11.6 Å². The molecule has 2 nitrogen and oxygen atoms in total. The maximum absolute atomic E-state index is 6.24. The zero-order chi connectivity index (χ0) is 11.1. The number of fused-ring (bicyclic) bond motifs is 1. The van der Waals surface area contributed by atoms with E-state index in [1.165, 1.54) is 0 Å². The number of hydrogen-bond acceptors (Lipinski definition) is 2. The van der Waals surface area contributed by atoms with Crippen LogP contribution in [-0.4, -0.2) is 6.61 Å². The van der Waals surface area contributed by atoms with Crippen molar-refractivity contribution in [1.82, 2.24) is 0 Å². The van der Waals surface area contributed by atoms with Crippen LogP contribution in [0.2, 0.25) is 5.02 Å². The Labute approximate surface area is 95.4 Å². The zero-order valence-electron chi connectivity index (χ0n) is 9.14. The highest BCUT2D eigenvalue weighted by atomic mass is 35.5. The molecule has 3 heteroatoms. The van der Waals surface area contributed by atoms with Gasteiger partial charge in [-0.25, -0.2) is 0 Å². The maximum atomic E-state index is 6.24. The Morgan fingerprint density at radius 3 is 2.93 bits per heavy atom. The van der Waals surface area contributed by atoms with Crippen LogP contribution in [-0.2, 0) is 12.0 Å². The third-order valence-electron chi connectivity index (χ3n) is 2.99. The van der Waals surface area contributed by atoms with Crippen molar-refractivity contribution in [3.8, 4) is 5.75 Å². The molecule has 0 saturated carbocycles. The average molecular weight is 226 g/mol. The molecule has 2 rings (SSSR count). The largest absolute Gasteiger partial charge is 0.493 e. The van der Waals surface area contributed by atoms with Crippen LogP contribution in [0.3, 0.4) is 0 Å². The van der Waals surface area contributed by atoms with Gasteiger partial charge in [-0.05, 0) is 31.0 Å². The van der Waals surface area contributed by atoms with E-state index in [0.717, 1.165) is 34.7 Å². The molecular formula is C12H16ClNO. The number of ether oxygens (including phenoxy) is 1. The lowest BCUT2D eigenvalue weighted by atomic mass is 9.86. The Balaban J connectivity index is 2.61. The van der Waals surface area contributed by atoms with Crippen molar-refractivity contribution in [1.29, 1.82) is 0 Å². The standard InChI is InChI=1S/C12H16ClNO/c1-3-8-6-9(13)7-10-11(8)15-5-4-12(10,2)14/h6-7H,3-5,14H2,1-2H3. The minimum atomic E-state index is -0.317. The van der Waals surface area contributed by atoms with E-state index in [9.17, 15) is 0 Å². The summed E-state index contributed by atoms with van der Waals surface area (Å²) in [5.41, 5.74) is 8.11. The second-order valence-corrected chi connectivity index (χ2v) is 4.75. The average Bonchev–Trinajstić information content (AvgIpc) is 2.18. The third kappa shape index (κ3) is 1.84. The monoisotopic (exact) mass is 225 g/mol.